The topological polar surface area (TPSA) is 67.2 Å². The van der Waals surface area contributed by atoms with Crippen LogP contribution in [0, 0.1) is 22.7 Å². The van der Waals surface area contributed by atoms with Crippen LogP contribution in [0.5, 0.6) is 0 Å². The molecule has 0 amide bonds. The van der Waals surface area contributed by atoms with Crippen molar-refractivity contribution in [3.63, 3.8) is 0 Å². The third-order valence-electron chi connectivity index (χ3n) is 5.52. The Kier molecular flexibility index (Phi) is 4.90. The van der Waals surface area contributed by atoms with E-state index in [4.69, 9.17) is 4.74 Å². The van der Waals surface area contributed by atoms with Crippen LogP contribution >= 0.6 is 0 Å². The van der Waals surface area contributed by atoms with Crippen molar-refractivity contribution in [1.29, 1.82) is 5.26 Å². The Morgan fingerprint density at radius 1 is 1.08 bits per heavy atom. The number of methoxy groups -OCH3 is 1. The Balaban J connectivity index is 2.27. The SMILES string of the molecule is COC(=O)C1(C#N)C(c2ccccc2)CC(=O)C(C)C1c1ccccc1. The second kappa shape index (κ2) is 7.13. The predicted octanol–water partition coefficient (Wildman–Crippen LogP) is 3.85. The van der Waals surface area contributed by atoms with E-state index < -0.39 is 29.1 Å². The van der Waals surface area contributed by atoms with Crippen molar-refractivity contribution in [2.75, 3.05) is 7.11 Å². The maximum Gasteiger partial charge on any atom is 0.327 e. The van der Waals surface area contributed by atoms with Gasteiger partial charge in [0.1, 0.15) is 5.78 Å². The van der Waals surface area contributed by atoms with E-state index in [1.54, 1.807) is 6.92 Å². The standard InChI is InChI=1S/C22H21NO3/c1-15-19(24)13-18(16-9-5-3-6-10-16)22(14-23,21(25)26-2)20(15)17-11-7-4-8-12-17/h3-12,15,18,20H,13H2,1-2H3. The normalized spacial score (nSPS) is 28.2. The third-order valence-corrected chi connectivity index (χ3v) is 5.52. The number of hydrogen-bond donors (Lipinski definition) is 0. The highest BCUT2D eigenvalue weighted by molar-refractivity contribution is 5.92. The van der Waals surface area contributed by atoms with Crippen molar-refractivity contribution >= 4 is 11.8 Å². The van der Waals surface area contributed by atoms with Crippen molar-refractivity contribution in [3.05, 3.63) is 71.8 Å². The number of ketones is 1. The zero-order valence-corrected chi connectivity index (χ0v) is 14.9. The van der Waals surface area contributed by atoms with Crippen molar-refractivity contribution in [2.45, 2.75) is 25.2 Å². The monoisotopic (exact) mass is 347 g/mol. The Labute approximate surface area is 153 Å². The number of esters is 1. The lowest BCUT2D eigenvalue weighted by Crippen LogP contribution is -2.50. The second-order valence-electron chi connectivity index (χ2n) is 6.78. The first-order valence-electron chi connectivity index (χ1n) is 8.68. The van der Waals surface area contributed by atoms with Gasteiger partial charge < -0.3 is 4.74 Å². The van der Waals surface area contributed by atoms with E-state index in [1.807, 2.05) is 60.7 Å². The average molecular weight is 347 g/mol. The second-order valence-corrected chi connectivity index (χ2v) is 6.78. The lowest BCUT2D eigenvalue weighted by Gasteiger charge is -2.45. The quantitative estimate of drug-likeness (QED) is 0.791. The van der Waals surface area contributed by atoms with E-state index in [9.17, 15) is 14.9 Å². The van der Waals surface area contributed by atoms with Gasteiger partial charge in [0.25, 0.3) is 0 Å². The minimum atomic E-state index is -1.45. The molecule has 1 aliphatic rings. The fourth-order valence-electron chi connectivity index (χ4n) is 4.25. The van der Waals surface area contributed by atoms with E-state index in [-0.39, 0.29) is 12.2 Å². The summed E-state index contributed by atoms with van der Waals surface area (Å²) in [7, 11) is 1.30. The molecule has 132 valence electrons. The van der Waals surface area contributed by atoms with Crippen molar-refractivity contribution < 1.29 is 14.3 Å². The number of nitriles is 1. The Morgan fingerprint density at radius 2 is 1.62 bits per heavy atom. The molecule has 0 heterocycles. The number of carbonyl (C=O) groups excluding carboxylic acids is 2. The maximum atomic E-state index is 13.0. The minimum absolute atomic E-state index is 0.0579. The van der Waals surface area contributed by atoms with Crippen LogP contribution in [0.25, 0.3) is 0 Å². The zero-order valence-electron chi connectivity index (χ0n) is 14.9. The van der Waals surface area contributed by atoms with Crippen molar-refractivity contribution in [1.82, 2.24) is 0 Å². The molecule has 4 atom stereocenters. The molecule has 0 bridgehead atoms. The lowest BCUT2D eigenvalue weighted by molar-refractivity contribution is -0.156. The molecule has 0 N–H and O–H groups in total. The summed E-state index contributed by atoms with van der Waals surface area (Å²) >= 11 is 0. The summed E-state index contributed by atoms with van der Waals surface area (Å²) in [5.74, 6) is -2.08. The Morgan fingerprint density at radius 3 is 2.12 bits per heavy atom. The van der Waals surface area contributed by atoms with Crippen LogP contribution in [0.1, 0.15) is 36.3 Å². The zero-order chi connectivity index (χ0) is 18.7. The van der Waals surface area contributed by atoms with Crippen molar-refractivity contribution in [3.8, 4) is 6.07 Å². The molecule has 0 aromatic heterocycles. The summed E-state index contributed by atoms with van der Waals surface area (Å²) in [6.45, 7) is 1.80. The van der Waals surface area contributed by atoms with E-state index in [0.29, 0.717) is 0 Å². The average Bonchev–Trinajstić information content (AvgIpc) is 2.70. The van der Waals surface area contributed by atoms with Crippen LogP contribution in [-0.2, 0) is 14.3 Å². The van der Waals surface area contributed by atoms with Gasteiger partial charge in [-0.25, -0.2) is 0 Å². The molecular weight excluding hydrogens is 326 g/mol. The molecule has 2 aromatic rings. The highest BCUT2D eigenvalue weighted by atomic mass is 16.5. The first kappa shape index (κ1) is 17.9. The first-order chi connectivity index (χ1) is 12.6. The van der Waals surface area contributed by atoms with Gasteiger partial charge in [0, 0.05) is 24.2 Å². The molecule has 4 heteroatoms. The fourth-order valence-corrected chi connectivity index (χ4v) is 4.25. The number of hydrogen-bond acceptors (Lipinski definition) is 4. The highest BCUT2D eigenvalue weighted by Gasteiger charge is 2.60. The van der Waals surface area contributed by atoms with Gasteiger partial charge in [0.15, 0.2) is 5.41 Å². The Bertz CT molecular complexity index is 841. The lowest BCUT2D eigenvalue weighted by atomic mass is 9.53. The summed E-state index contributed by atoms with van der Waals surface area (Å²) in [6.07, 6.45) is 0.150. The van der Waals surface area contributed by atoms with E-state index in [0.717, 1.165) is 11.1 Å². The van der Waals surface area contributed by atoms with Gasteiger partial charge >= 0.3 is 5.97 Å². The third kappa shape index (κ3) is 2.70. The molecule has 2 aromatic carbocycles. The minimum Gasteiger partial charge on any atom is -0.468 e. The molecule has 26 heavy (non-hydrogen) atoms. The summed E-state index contributed by atoms with van der Waals surface area (Å²) < 4.78 is 5.10. The van der Waals surface area contributed by atoms with E-state index in [2.05, 4.69) is 6.07 Å². The van der Waals surface area contributed by atoms with Crippen LogP contribution in [0.15, 0.2) is 60.7 Å². The summed E-state index contributed by atoms with van der Waals surface area (Å²) in [4.78, 5) is 25.8. The highest BCUT2D eigenvalue weighted by Crippen LogP contribution is 2.56. The van der Waals surface area contributed by atoms with Crippen LogP contribution in [0.2, 0.25) is 0 Å². The molecule has 0 aliphatic heterocycles. The number of benzene rings is 2. The van der Waals surface area contributed by atoms with Gasteiger partial charge in [-0.1, -0.05) is 67.6 Å². The fraction of sp³-hybridized carbons (Fsp3) is 0.318. The smallest absolute Gasteiger partial charge is 0.327 e. The largest absolute Gasteiger partial charge is 0.468 e. The summed E-state index contributed by atoms with van der Waals surface area (Å²) in [5, 5.41) is 10.2. The van der Waals surface area contributed by atoms with Crippen LogP contribution in [0.4, 0.5) is 0 Å². The predicted molar refractivity (Wildman–Crippen MR) is 97.2 cm³/mol. The van der Waals surface area contributed by atoms with Crippen LogP contribution in [-0.4, -0.2) is 18.9 Å². The number of Topliss-reactive ketones (excluding diaryl/α,β-unsaturated/α-hetero) is 1. The molecule has 3 rings (SSSR count). The molecule has 1 aliphatic carbocycles. The molecule has 0 spiro atoms. The first-order valence-corrected chi connectivity index (χ1v) is 8.68. The van der Waals surface area contributed by atoms with Gasteiger partial charge in [0.05, 0.1) is 13.2 Å². The Hall–Kier alpha value is -2.93. The summed E-state index contributed by atoms with van der Waals surface area (Å²) in [6, 6.07) is 20.9. The molecule has 1 fully saturated rings. The van der Waals surface area contributed by atoms with Crippen LogP contribution in [0.3, 0.4) is 0 Å². The molecule has 4 unspecified atom stereocenters. The molecule has 0 radical (unpaired) electrons. The van der Waals surface area contributed by atoms with Gasteiger partial charge in [-0.2, -0.15) is 5.26 Å². The number of nitrogens with zero attached hydrogens (tertiary/aromatic N) is 1. The molecule has 4 nitrogen and oxygen atoms in total. The van der Waals surface area contributed by atoms with Crippen LogP contribution < -0.4 is 0 Å². The number of ether oxygens (including phenoxy) is 1. The summed E-state index contributed by atoms with van der Waals surface area (Å²) in [5.41, 5.74) is 0.159. The van der Waals surface area contributed by atoms with E-state index in [1.165, 1.54) is 7.11 Å². The van der Waals surface area contributed by atoms with Gasteiger partial charge in [-0.05, 0) is 11.1 Å². The molecule has 0 saturated heterocycles. The van der Waals surface area contributed by atoms with Gasteiger partial charge in [-0.3, -0.25) is 9.59 Å². The van der Waals surface area contributed by atoms with Gasteiger partial charge in [0.2, 0.25) is 0 Å². The molecular formula is C22H21NO3. The maximum absolute atomic E-state index is 13.0. The molecule has 1 saturated carbocycles. The number of carbonyl (C=O) groups is 2. The number of rotatable bonds is 3. The van der Waals surface area contributed by atoms with E-state index >= 15 is 0 Å². The van der Waals surface area contributed by atoms with Crippen molar-refractivity contribution in [2.24, 2.45) is 11.3 Å². The van der Waals surface area contributed by atoms with Gasteiger partial charge in [-0.15, -0.1) is 0 Å².